The Morgan fingerprint density at radius 1 is 1.55 bits per heavy atom. The molecule has 0 bridgehead atoms. The van der Waals surface area contributed by atoms with Crippen LogP contribution in [-0.4, -0.2) is 34.6 Å². The number of aliphatic hydroxyl groups is 1. The van der Waals surface area contributed by atoms with Crippen molar-refractivity contribution in [3.8, 4) is 0 Å². The van der Waals surface area contributed by atoms with Gasteiger partial charge in [0.1, 0.15) is 0 Å². The van der Waals surface area contributed by atoms with Gasteiger partial charge in [0.2, 0.25) is 5.91 Å². The molecule has 0 rings (SSSR count). The molecule has 0 aliphatic rings. The lowest BCUT2D eigenvalue weighted by Gasteiger charge is -2.26. The van der Waals surface area contributed by atoms with Crippen molar-refractivity contribution in [2.75, 3.05) is 13.1 Å². The van der Waals surface area contributed by atoms with E-state index in [0.29, 0.717) is 13.1 Å². The average Bonchev–Trinajstić information content (AvgIpc) is 1.80. The summed E-state index contributed by atoms with van der Waals surface area (Å²) in [7, 11) is 0. The van der Waals surface area contributed by atoms with Crippen molar-refractivity contribution in [2.45, 2.75) is 33.3 Å². The molecule has 0 unspecified atom stereocenters. The molecule has 0 saturated carbocycles. The van der Waals surface area contributed by atoms with Crippen molar-refractivity contribution >= 4 is 5.91 Å². The van der Waals surface area contributed by atoms with Crippen LogP contribution in [0.2, 0.25) is 0 Å². The van der Waals surface area contributed by atoms with Gasteiger partial charge in [-0.1, -0.05) is 0 Å². The van der Waals surface area contributed by atoms with Gasteiger partial charge < -0.3 is 10.0 Å². The van der Waals surface area contributed by atoms with Crippen LogP contribution >= 0.6 is 0 Å². The van der Waals surface area contributed by atoms with Gasteiger partial charge in [0.25, 0.3) is 0 Å². The Labute approximate surface area is 68.0 Å². The largest absolute Gasteiger partial charge is 0.389 e. The maximum Gasteiger partial charge on any atom is 0.219 e. The van der Waals surface area contributed by atoms with Crippen LogP contribution < -0.4 is 0 Å². The molecule has 0 aliphatic heterocycles. The van der Waals surface area contributed by atoms with Crippen molar-refractivity contribution in [1.29, 1.82) is 0 Å². The first-order chi connectivity index (χ1) is 4.87. The summed E-state index contributed by atoms with van der Waals surface area (Å²) >= 11 is 0. The van der Waals surface area contributed by atoms with Crippen LogP contribution in [0.1, 0.15) is 27.7 Å². The van der Waals surface area contributed by atoms with Crippen LogP contribution in [0, 0.1) is 0 Å². The minimum absolute atomic E-state index is 0.00891. The van der Waals surface area contributed by atoms with Gasteiger partial charge in [0.15, 0.2) is 0 Å². The second-order valence-corrected chi connectivity index (χ2v) is 3.35. The number of hydrogen-bond donors (Lipinski definition) is 1. The van der Waals surface area contributed by atoms with E-state index in [9.17, 15) is 9.90 Å². The Morgan fingerprint density at radius 3 is 2.09 bits per heavy atom. The third-order valence-corrected chi connectivity index (χ3v) is 1.40. The summed E-state index contributed by atoms with van der Waals surface area (Å²) < 4.78 is 0. The van der Waals surface area contributed by atoms with Gasteiger partial charge in [-0.2, -0.15) is 0 Å². The van der Waals surface area contributed by atoms with Gasteiger partial charge in [-0.05, 0) is 20.8 Å². The fourth-order valence-corrected chi connectivity index (χ4v) is 0.913. The zero-order valence-corrected chi connectivity index (χ0v) is 7.72. The van der Waals surface area contributed by atoms with Crippen LogP contribution in [0.25, 0.3) is 0 Å². The van der Waals surface area contributed by atoms with Crippen molar-refractivity contribution < 1.29 is 9.90 Å². The summed E-state index contributed by atoms with van der Waals surface area (Å²) in [5.41, 5.74) is -0.790. The summed E-state index contributed by atoms with van der Waals surface area (Å²) in [6.07, 6.45) is 0. The smallest absolute Gasteiger partial charge is 0.219 e. The zero-order valence-electron chi connectivity index (χ0n) is 7.72. The van der Waals surface area contributed by atoms with E-state index < -0.39 is 5.60 Å². The van der Waals surface area contributed by atoms with E-state index in [4.69, 9.17) is 0 Å². The molecule has 11 heavy (non-hydrogen) atoms. The summed E-state index contributed by atoms with van der Waals surface area (Å²) in [5, 5.41) is 9.37. The van der Waals surface area contributed by atoms with E-state index in [1.807, 2.05) is 6.92 Å². The van der Waals surface area contributed by atoms with Crippen molar-refractivity contribution in [3.63, 3.8) is 0 Å². The standard InChI is InChI=1S/C8H17NO2/c1-5-9(7(2)10)6-8(3,4)11/h11H,5-6H2,1-4H3. The molecule has 1 N–H and O–H groups in total. The molecular weight excluding hydrogens is 142 g/mol. The predicted octanol–water partition coefficient (Wildman–Crippen LogP) is 0.626. The van der Waals surface area contributed by atoms with E-state index in [0.717, 1.165) is 0 Å². The highest BCUT2D eigenvalue weighted by molar-refractivity contribution is 5.73. The molecule has 0 atom stereocenters. The first-order valence-corrected chi connectivity index (χ1v) is 3.84. The number of nitrogens with zero attached hydrogens (tertiary/aromatic N) is 1. The van der Waals surface area contributed by atoms with Crippen LogP contribution in [0.3, 0.4) is 0 Å². The van der Waals surface area contributed by atoms with Crippen molar-refractivity contribution in [1.82, 2.24) is 4.90 Å². The molecule has 0 aromatic heterocycles. The number of likely N-dealkylation sites (N-methyl/N-ethyl adjacent to an activating group) is 1. The number of carbonyl (C=O) groups excluding carboxylic acids is 1. The Hall–Kier alpha value is -0.570. The van der Waals surface area contributed by atoms with Crippen molar-refractivity contribution in [2.24, 2.45) is 0 Å². The lowest BCUT2D eigenvalue weighted by atomic mass is 10.1. The lowest BCUT2D eigenvalue weighted by Crippen LogP contribution is -2.40. The number of rotatable bonds is 3. The van der Waals surface area contributed by atoms with Crippen molar-refractivity contribution in [3.05, 3.63) is 0 Å². The number of carbonyl (C=O) groups is 1. The van der Waals surface area contributed by atoms with E-state index in [2.05, 4.69) is 0 Å². The first kappa shape index (κ1) is 10.4. The van der Waals surface area contributed by atoms with Gasteiger partial charge in [-0.15, -0.1) is 0 Å². The zero-order chi connectivity index (χ0) is 9.07. The third-order valence-electron chi connectivity index (χ3n) is 1.40. The summed E-state index contributed by atoms with van der Waals surface area (Å²) in [5.74, 6) is 0.00891. The molecular formula is C8H17NO2. The fraction of sp³-hybridized carbons (Fsp3) is 0.875. The van der Waals surface area contributed by atoms with Gasteiger partial charge in [-0.3, -0.25) is 4.79 Å². The van der Waals surface area contributed by atoms with Gasteiger partial charge in [0, 0.05) is 20.0 Å². The molecule has 0 aromatic rings. The van der Waals surface area contributed by atoms with E-state index in [1.165, 1.54) is 6.92 Å². The quantitative estimate of drug-likeness (QED) is 0.656. The van der Waals surface area contributed by atoms with Crippen LogP contribution in [0.4, 0.5) is 0 Å². The van der Waals surface area contributed by atoms with Crippen LogP contribution in [-0.2, 0) is 4.79 Å². The van der Waals surface area contributed by atoms with E-state index >= 15 is 0 Å². The van der Waals surface area contributed by atoms with Gasteiger partial charge in [0.05, 0.1) is 5.60 Å². The topological polar surface area (TPSA) is 40.5 Å². The van der Waals surface area contributed by atoms with Gasteiger partial charge in [-0.25, -0.2) is 0 Å². The third kappa shape index (κ3) is 4.79. The fourth-order valence-electron chi connectivity index (χ4n) is 0.913. The van der Waals surface area contributed by atoms with Crippen LogP contribution in [0.15, 0.2) is 0 Å². The molecule has 0 saturated heterocycles. The van der Waals surface area contributed by atoms with Crippen LogP contribution in [0.5, 0.6) is 0 Å². The molecule has 0 fully saturated rings. The molecule has 66 valence electrons. The lowest BCUT2D eigenvalue weighted by molar-refractivity contribution is -0.131. The van der Waals surface area contributed by atoms with E-state index in [-0.39, 0.29) is 5.91 Å². The highest BCUT2D eigenvalue weighted by Gasteiger charge is 2.18. The maximum atomic E-state index is 10.9. The van der Waals surface area contributed by atoms with Gasteiger partial charge >= 0.3 is 0 Å². The Morgan fingerprint density at radius 2 is 2.00 bits per heavy atom. The molecule has 0 spiro atoms. The number of amides is 1. The number of hydrogen-bond acceptors (Lipinski definition) is 2. The molecule has 3 heteroatoms. The molecule has 0 aromatic carbocycles. The Balaban J connectivity index is 3.99. The Bertz CT molecular complexity index is 138. The minimum Gasteiger partial charge on any atom is -0.389 e. The summed E-state index contributed by atoms with van der Waals surface area (Å²) in [6, 6.07) is 0. The molecule has 3 nitrogen and oxygen atoms in total. The highest BCUT2D eigenvalue weighted by atomic mass is 16.3. The minimum atomic E-state index is -0.790. The second kappa shape index (κ2) is 3.72. The SMILES string of the molecule is CCN(CC(C)(C)O)C(C)=O. The predicted molar refractivity (Wildman–Crippen MR) is 44.2 cm³/mol. The molecule has 0 aliphatic carbocycles. The monoisotopic (exact) mass is 159 g/mol. The molecule has 1 amide bonds. The molecule has 0 radical (unpaired) electrons. The summed E-state index contributed by atoms with van der Waals surface area (Å²) in [6.45, 7) is 7.84. The molecule has 0 heterocycles. The normalized spacial score (nSPS) is 11.4. The first-order valence-electron chi connectivity index (χ1n) is 3.84. The highest BCUT2D eigenvalue weighted by Crippen LogP contribution is 2.04. The van der Waals surface area contributed by atoms with E-state index in [1.54, 1.807) is 18.7 Å². The maximum absolute atomic E-state index is 10.9. The summed E-state index contributed by atoms with van der Waals surface area (Å²) in [4.78, 5) is 12.5. The second-order valence-electron chi connectivity index (χ2n) is 3.35. The average molecular weight is 159 g/mol. The Kier molecular flexibility index (Phi) is 3.52.